The van der Waals surface area contributed by atoms with E-state index in [0.29, 0.717) is 6.04 Å². The van der Waals surface area contributed by atoms with Crippen LogP contribution >= 0.6 is 11.8 Å². The van der Waals surface area contributed by atoms with Crippen LogP contribution in [0.5, 0.6) is 0 Å². The summed E-state index contributed by atoms with van der Waals surface area (Å²) in [7, 11) is 0. The molecule has 2 nitrogen and oxygen atoms in total. The Morgan fingerprint density at radius 1 is 1.25 bits per heavy atom. The van der Waals surface area contributed by atoms with Gasteiger partial charge < -0.3 is 10.6 Å². The van der Waals surface area contributed by atoms with Gasteiger partial charge in [-0.15, -0.1) is 11.8 Å². The first kappa shape index (κ1) is 10.2. The van der Waals surface area contributed by atoms with E-state index in [1.165, 1.54) is 21.9 Å². The second-order valence-electron chi connectivity index (χ2n) is 4.19. The first-order valence-electron chi connectivity index (χ1n) is 5.83. The molecule has 1 unspecified atom stereocenters. The highest BCUT2D eigenvalue weighted by atomic mass is 32.2. The lowest BCUT2D eigenvalue weighted by Gasteiger charge is -2.24. The maximum absolute atomic E-state index is 3.57. The number of hydrogen-bond donors (Lipinski definition) is 2. The summed E-state index contributed by atoms with van der Waals surface area (Å²) >= 11 is 1.92. The van der Waals surface area contributed by atoms with Crippen LogP contribution in [0.25, 0.3) is 0 Å². The van der Waals surface area contributed by atoms with Crippen molar-refractivity contribution in [1.82, 2.24) is 10.6 Å². The Labute approximate surface area is 101 Å². The van der Waals surface area contributed by atoms with Crippen molar-refractivity contribution < 1.29 is 0 Å². The van der Waals surface area contributed by atoms with Crippen LogP contribution in [0.3, 0.4) is 0 Å². The zero-order valence-corrected chi connectivity index (χ0v) is 10.0. The highest BCUT2D eigenvalue weighted by Crippen LogP contribution is 2.27. The van der Waals surface area contributed by atoms with Crippen molar-refractivity contribution in [3.05, 3.63) is 46.5 Å². The van der Waals surface area contributed by atoms with Crippen molar-refractivity contribution >= 4 is 11.8 Å². The van der Waals surface area contributed by atoms with Gasteiger partial charge in [0.1, 0.15) is 0 Å². The fourth-order valence-corrected chi connectivity index (χ4v) is 3.19. The van der Waals surface area contributed by atoms with Gasteiger partial charge in [0.25, 0.3) is 0 Å². The predicted octanol–water partition coefficient (Wildman–Crippen LogP) is 2.05. The van der Waals surface area contributed by atoms with Crippen LogP contribution in [0.15, 0.2) is 35.4 Å². The molecule has 16 heavy (non-hydrogen) atoms. The minimum absolute atomic E-state index is 0.387. The lowest BCUT2D eigenvalue weighted by molar-refractivity contribution is 0.579. The van der Waals surface area contributed by atoms with Gasteiger partial charge in [-0.05, 0) is 23.6 Å². The molecule has 1 aromatic rings. The summed E-state index contributed by atoms with van der Waals surface area (Å²) in [6.45, 7) is 2.18. The van der Waals surface area contributed by atoms with E-state index in [-0.39, 0.29) is 0 Å². The molecule has 1 fully saturated rings. The molecular formula is C13H16N2S. The van der Waals surface area contributed by atoms with Gasteiger partial charge in [-0.1, -0.05) is 24.3 Å². The van der Waals surface area contributed by atoms with Gasteiger partial charge in [0.2, 0.25) is 0 Å². The van der Waals surface area contributed by atoms with Crippen molar-refractivity contribution in [2.45, 2.75) is 12.5 Å². The lowest BCUT2D eigenvalue weighted by Crippen LogP contribution is -2.29. The summed E-state index contributed by atoms with van der Waals surface area (Å²) in [5.41, 5.74) is 2.93. The number of rotatable bonds is 1. The predicted molar refractivity (Wildman–Crippen MR) is 69.4 cm³/mol. The molecule has 2 aliphatic rings. The van der Waals surface area contributed by atoms with Crippen molar-refractivity contribution in [2.75, 3.05) is 18.8 Å². The van der Waals surface area contributed by atoms with Crippen molar-refractivity contribution in [2.24, 2.45) is 0 Å². The van der Waals surface area contributed by atoms with E-state index < -0.39 is 0 Å². The van der Waals surface area contributed by atoms with E-state index in [1.807, 2.05) is 11.8 Å². The van der Waals surface area contributed by atoms with Gasteiger partial charge >= 0.3 is 0 Å². The molecule has 0 aromatic heterocycles. The maximum atomic E-state index is 3.57. The van der Waals surface area contributed by atoms with E-state index in [2.05, 4.69) is 41.0 Å². The summed E-state index contributed by atoms with van der Waals surface area (Å²) in [6, 6.07) is 9.14. The zero-order chi connectivity index (χ0) is 10.8. The molecule has 0 radical (unpaired) electrons. The Bertz CT molecular complexity index is 406. The molecule has 84 valence electrons. The van der Waals surface area contributed by atoms with Gasteiger partial charge in [0, 0.05) is 18.8 Å². The van der Waals surface area contributed by atoms with Crippen molar-refractivity contribution in [1.29, 1.82) is 0 Å². The molecule has 1 aromatic carbocycles. The summed E-state index contributed by atoms with van der Waals surface area (Å²) in [5, 5.41) is 8.32. The van der Waals surface area contributed by atoms with Crippen LogP contribution in [0.1, 0.15) is 17.2 Å². The smallest absolute Gasteiger partial charge is 0.0660 e. The highest BCUT2D eigenvalue weighted by molar-refractivity contribution is 8.03. The maximum Gasteiger partial charge on any atom is 0.0660 e. The van der Waals surface area contributed by atoms with Gasteiger partial charge in [-0.25, -0.2) is 0 Å². The fourth-order valence-electron chi connectivity index (χ4n) is 2.33. The first-order chi connectivity index (χ1) is 7.93. The van der Waals surface area contributed by atoms with Crippen LogP contribution in [0.4, 0.5) is 0 Å². The minimum atomic E-state index is 0.387. The number of benzene rings is 1. The zero-order valence-electron chi connectivity index (χ0n) is 9.20. The summed E-state index contributed by atoms with van der Waals surface area (Å²) in [5.74, 6) is 1.19. The van der Waals surface area contributed by atoms with Gasteiger partial charge in [0.15, 0.2) is 0 Å². The third kappa shape index (κ3) is 1.97. The summed E-state index contributed by atoms with van der Waals surface area (Å²) in [4.78, 5) is 0. The molecule has 0 bridgehead atoms. The largest absolute Gasteiger partial charge is 0.379 e. The molecule has 1 saturated heterocycles. The van der Waals surface area contributed by atoms with Crippen LogP contribution in [-0.2, 0) is 6.42 Å². The molecule has 1 atom stereocenters. The van der Waals surface area contributed by atoms with E-state index in [9.17, 15) is 0 Å². The number of hydrogen-bond acceptors (Lipinski definition) is 3. The Hall–Kier alpha value is -0.930. The van der Waals surface area contributed by atoms with Gasteiger partial charge in [0.05, 0.1) is 11.1 Å². The lowest BCUT2D eigenvalue weighted by atomic mass is 9.94. The summed E-state index contributed by atoms with van der Waals surface area (Å²) < 4.78 is 0. The molecule has 3 heteroatoms. The third-order valence-electron chi connectivity index (χ3n) is 3.13. The second-order valence-corrected chi connectivity index (χ2v) is 5.32. The summed E-state index contributed by atoms with van der Waals surface area (Å²) in [6.07, 6.45) is 3.48. The molecular weight excluding hydrogens is 216 g/mol. The van der Waals surface area contributed by atoms with Crippen molar-refractivity contribution in [3.63, 3.8) is 0 Å². The molecule has 0 aliphatic carbocycles. The number of fused-ring (bicyclic) bond motifs is 1. The minimum Gasteiger partial charge on any atom is -0.379 e. The average molecular weight is 232 g/mol. The Morgan fingerprint density at radius 3 is 3.06 bits per heavy atom. The standard InChI is InChI=1S/C13H16N2S/c1-2-4-11-10(3-1)5-6-14-12(11)9-13-15-7-8-16-13/h1-4,9,12,14-15H,5-8H2. The molecule has 2 heterocycles. The van der Waals surface area contributed by atoms with E-state index in [4.69, 9.17) is 0 Å². The number of thioether (sulfide) groups is 1. The molecule has 0 saturated carbocycles. The SMILES string of the molecule is C(=C1NCCS1)C1NCCc2ccccc21. The molecule has 0 amide bonds. The topological polar surface area (TPSA) is 24.1 Å². The number of nitrogens with one attached hydrogen (secondary N) is 2. The Balaban J connectivity index is 1.89. The van der Waals surface area contributed by atoms with E-state index in [1.54, 1.807) is 0 Å². The molecule has 2 aliphatic heterocycles. The fraction of sp³-hybridized carbons (Fsp3) is 0.385. The van der Waals surface area contributed by atoms with Gasteiger partial charge in [-0.2, -0.15) is 0 Å². The monoisotopic (exact) mass is 232 g/mol. The van der Waals surface area contributed by atoms with Gasteiger partial charge in [-0.3, -0.25) is 0 Å². The van der Waals surface area contributed by atoms with Crippen LogP contribution < -0.4 is 10.6 Å². The molecule has 0 spiro atoms. The Kier molecular flexibility index (Phi) is 2.89. The quantitative estimate of drug-likeness (QED) is 0.775. The van der Waals surface area contributed by atoms with Crippen LogP contribution in [0.2, 0.25) is 0 Å². The molecule has 3 rings (SSSR count). The first-order valence-corrected chi connectivity index (χ1v) is 6.82. The third-order valence-corrected chi connectivity index (χ3v) is 4.13. The Morgan fingerprint density at radius 2 is 2.19 bits per heavy atom. The molecule has 2 N–H and O–H groups in total. The van der Waals surface area contributed by atoms with E-state index >= 15 is 0 Å². The second kappa shape index (κ2) is 4.52. The van der Waals surface area contributed by atoms with E-state index in [0.717, 1.165) is 19.5 Å². The van der Waals surface area contributed by atoms with Crippen LogP contribution in [0, 0.1) is 0 Å². The van der Waals surface area contributed by atoms with Crippen molar-refractivity contribution in [3.8, 4) is 0 Å². The highest BCUT2D eigenvalue weighted by Gasteiger charge is 2.18. The van der Waals surface area contributed by atoms with Crippen LogP contribution in [-0.4, -0.2) is 18.8 Å². The normalized spacial score (nSPS) is 26.5. The average Bonchev–Trinajstić information content (AvgIpc) is 2.82.